The first kappa shape index (κ1) is 8.27. The van der Waals surface area contributed by atoms with E-state index in [1.807, 2.05) is 6.92 Å². The molecule has 0 aromatic rings. The van der Waals surface area contributed by atoms with E-state index in [4.69, 9.17) is 11.5 Å². The van der Waals surface area contributed by atoms with Crippen LogP contribution in [0.25, 0.3) is 0 Å². The van der Waals surface area contributed by atoms with E-state index >= 15 is 0 Å². The molecule has 0 fully saturated rings. The van der Waals surface area contributed by atoms with Crippen LogP contribution in [0.3, 0.4) is 0 Å². The van der Waals surface area contributed by atoms with E-state index < -0.39 is 0 Å². The van der Waals surface area contributed by atoms with Crippen molar-refractivity contribution in [3.8, 4) is 0 Å². The smallest absolute Gasteiger partial charge is 0.0165 e. The zero-order valence-electron chi connectivity index (χ0n) is 5.17. The number of hydrogen-bond donors (Lipinski definition) is 3. The fourth-order valence-electron chi connectivity index (χ4n) is 0.434. The van der Waals surface area contributed by atoms with Crippen LogP contribution in [0.1, 0.15) is 13.3 Å². The Hall–Kier alpha value is 0.270. The summed E-state index contributed by atoms with van der Waals surface area (Å²) in [6, 6.07) is 0.156. The van der Waals surface area contributed by atoms with E-state index in [1.54, 1.807) is 0 Å². The van der Waals surface area contributed by atoms with E-state index in [0.29, 0.717) is 6.54 Å². The van der Waals surface area contributed by atoms with Crippen molar-refractivity contribution in [2.24, 2.45) is 11.5 Å². The molecule has 0 amide bonds. The molecule has 0 aliphatic carbocycles. The largest absolute Gasteiger partial charge is 0.330 e. The summed E-state index contributed by atoms with van der Waals surface area (Å²) in [6.07, 6.45) is 0.866. The molecule has 0 bridgehead atoms. The van der Waals surface area contributed by atoms with Crippen LogP contribution in [0.4, 0.5) is 0 Å². The molecule has 8 heavy (non-hydrogen) atoms. The lowest BCUT2D eigenvalue weighted by Crippen LogP contribution is -2.31. The molecule has 2 atom stereocenters. The van der Waals surface area contributed by atoms with Crippen molar-refractivity contribution in [2.45, 2.75) is 24.6 Å². The van der Waals surface area contributed by atoms with E-state index in [-0.39, 0.29) is 11.3 Å². The first-order valence-electron chi connectivity index (χ1n) is 2.82. The van der Waals surface area contributed by atoms with Gasteiger partial charge >= 0.3 is 0 Å². The van der Waals surface area contributed by atoms with Crippen LogP contribution in [0.5, 0.6) is 0 Å². The van der Waals surface area contributed by atoms with Gasteiger partial charge in [-0.2, -0.15) is 12.6 Å². The van der Waals surface area contributed by atoms with Gasteiger partial charge in [0.1, 0.15) is 0 Å². The Morgan fingerprint density at radius 1 is 1.62 bits per heavy atom. The van der Waals surface area contributed by atoms with Crippen LogP contribution in [-0.4, -0.2) is 17.8 Å². The van der Waals surface area contributed by atoms with Gasteiger partial charge in [0.25, 0.3) is 0 Å². The van der Waals surface area contributed by atoms with Gasteiger partial charge in [-0.15, -0.1) is 0 Å². The van der Waals surface area contributed by atoms with Crippen molar-refractivity contribution < 1.29 is 0 Å². The summed E-state index contributed by atoms with van der Waals surface area (Å²) in [7, 11) is 0. The average Bonchev–Trinajstić information content (AvgIpc) is 1.67. The Morgan fingerprint density at radius 2 is 2.12 bits per heavy atom. The molecule has 3 heteroatoms. The summed E-state index contributed by atoms with van der Waals surface area (Å²) >= 11 is 4.15. The molecule has 50 valence electrons. The second-order valence-electron chi connectivity index (χ2n) is 1.98. The summed E-state index contributed by atoms with van der Waals surface area (Å²) in [4.78, 5) is 0. The fraction of sp³-hybridized carbons (Fsp3) is 1.00. The summed E-state index contributed by atoms with van der Waals surface area (Å²) in [5, 5.41) is 0.263. The molecule has 0 rings (SSSR count). The molecule has 0 aromatic carbocycles. The van der Waals surface area contributed by atoms with Crippen LogP contribution in [0.2, 0.25) is 0 Å². The van der Waals surface area contributed by atoms with E-state index in [0.717, 1.165) is 6.42 Å². The first-order valence-corrected chi connectivity index (χ1v) is 3.34. The Bertz CT molecular complexity index is 56.4. The highest BCUT2D eigenvalue weighted by Gasteiger charge is 2.04. The number of rotatable bonds is 3. The number of hydrogen-bond acceptors (Lipinski definition) is 3. The van der Waals surface area contributed by atoms with Gasteiger partial charge in [-0.25, -0.2) is 0 Å². The molecular weight excluding hydrogens is 120 g/mol. The molecule has 0 saturated carbocycles. The lowest BCUT2D eigenvalue weighted by atomic mass is 10.2. The van der Waals surface area contributed by atoms with Gasteiger partial charge in [0.05, 0.1) is 0 Å². The molecular formula is C5H14N2S. The quantitative estimate of drug-likeness (QED) is 0.475. The average molecular weight is 134 g/mol. The maximum absolute atomic E-state index is 5.57. The zero-order valence-corrected chi connectivity index (χ0v) is 6.07. The maximum Gasteiger partial charge on any atom is 0.0165 e. The van der Waals surface area contributed by atoms with Crippen LogP contribution in [0.15, 0.2) is 0 Å². The molecule has 2 nitrogen and oxygen atoms in total. The standard InChI is InChI=1S/C5H14N2S/c1-4(8)5(7)2-3-6/h4-5,8H,2-3,6-7H2,1H3. The molecule has 4 N–H and O–H groups in total. The minimum Gasteiger partial charge on any atom is -0.330 e. The highest BCUT2D eigenvalue weighted by atomic mass is 32.1. The summed E-state index contributed by atoms with van der Waals surface area (Å²) in [5.74, 6) is 0. The molecule has 0 aromatic heterocycles. The summed E-state index contributed by atoms with van der Waals surface area (Å²) in [5.41, 5.74) is 10.8. The molecule has 0 saturated heterocycles. The van der Waals surface area contributed by atoms with Crippen molar-refractivity contribution in [2.75, 3.05) is 6.54 Å². The molecule has 0 spiro atoms. The third kappa shape index (κ3) is 3.29. The molecule has 0 radical (unpaired) electrons. The van der Waals surface area contributed by atoms with Gasteiger partial charge in [0.2, 0.25) is 0 Å². The van der Waals surface area contributed by atoms with Crippen molar-refractivity contribution in [3.05, 3.63) is 0 Å². The van der Waals surface area contributed by atoms with Crippen molar-refractivity contribution in [3.63, 3.8) is 0 Å². The lowest BCUT2D eigenvalue weighted by Gasteiger charge is -2.12. The maximum atomic E-state index is 5.57. The monoisotopic (exact) mass is 134 g/mol. The zero-order chi connectivity index (χ0) is 6.57. The highest BCUT2D eigenvalue weighted by Crippen LogP contribution is 1.99. The fourth-order valence-corrected chi connectivity index (χ4v) is 0.583. The van der Waals surface area contributed by atoms with Crippen LogP contribution >= 0.6 is 12.6 Å². The van der Waals surface area contributed by atoms with E-state index in [1.165, 1.54) is 0 Å². The van der Waals surface area contributed by atoms with Gasteiger partial charge in [-0.05, 0) is 13.0 Å². The number of thiol groups is 1. The van der Waals surface area contributed by atoms with Crippen LogP contribution in [0, 0.1) is 0 Å². The van der Waals surface area contributed by atoms with Crippen LogP contribution in [-0.2, 0) is 0 Å². The Balaban J connectivity index is 3.17. The van der Waals surface area contributed by atoms with Crippen LogP contribution < -0.4 is 11.5 Å². The van der Waals surface area contributed by atoms with Gasteiger partial charge in [-0.1, -0.05) is 6.92 Å². The van der Waals surface area contributed by atoms with Gasteiger partial charge in [0, 0.05) is 11.3 Å². The van der Waals surface area contributed by atoms with E-state index in [2.05, 4.69) is 12.6 Å². The number of nitrogens with two attached hydrogens (primary N) is 2. The third-order valence-electron chi connectivity index (χ3n) is 1.12. The molecule has 2 unspecified atom stereocenters. The van der Waals surface area contributed by atoms with Gasteiger partial charge in [0.15, 0.2) is 0 Å². The molecule has 0 aliphatic heterocycles. The topological polar surface area (TPSA) is 52.0 Å². The Kier molecular flexibility index (Phi) is 4.32. The second-order valence-corrected chi connectivity index (χ2v) is 2.80. The Morgan fingerprint density at radius 3 is 2.25 bits per heavy atom. The Labute approximate surface area is 56.0 Å². The molecule has 0 aliphatic rings. The highest BCUT2D eigenvalue weighted by molar-refractivity contribution is 7.81. The lowest BCUT2D eigenvalue weighted by molar-refractivity contribution is 0.618. The summed E-state index contributed by atoms with van der Waals surface area (Å²) in [6.45, 7) is 2.63. The minimum absolute atomic E-state index is 0.156. The normalized spacial score (nSPS) is 18.0. The minimum atomic E-state index is 0.156. The van der Waals surface area contributed by atoms with E-state index in [9.17, 15) is 0 Å². The first-order chi connectivity index (χ1) is 3.68. The predicted octanol–water partition coefficient (Wildman–Crippen LogP) is -0.0192. The molecule has 0 heterocycles. The second kappa shape index (κ2) is 4.18. The van der Waals surface area contributed by atoms with Crippen molar-refractivity contribution >= 4 is 12.6 Å². The van der Waals surface area contributed by atoms with Gasteiger partial charge < -0.3 is 11.5 Å². The van der Waals surface area contributed by atoms with Crippen molar-refractivity contribution in [1.29, 1.82) is 0 Å². The summed E-state index contributed by atoms with van der Waals surface area (Å²) < 4.78 is 0. The third-order valence-corrected chi connectivity index (χ3v) is 1.50. The SMILES string of the molecule is CC(S)C(N)CCN. The van der Waals surface area contributed by atoms with Crippen molar-refractivity contribution in [1.82, 2.24) is 0 Å². The predicted molar refractivity (Wildman–Crippen MR) is 40.1 cm³/mol. The van der Waals surface area contributed by atoms with Gasteiger partial charge in [-0.3, -0.25) is 0 Å².